The number of anilines is 1. The number of hydrogen-bond donors (Lipinski definition) is 2. The quantitative estimate of drug-likeness (QED) is 0.286. The van der Waals surface area contributed by atoms with Gasteiger partial charge in [0, 0.05) is 26.5 Å². The standard InChI is InChI=1S/C18H21N3O6/c1-25-8-4-7-20-16(22)13(10-19)11-21-15-9-12(17(23)26-2)5-6-14(15)18(24)27-3/h5-6,9,11,21H,4,7-8H2,1-3H3,(H,20,22)/b13-11-. The maximum absolute atomic E-state index is 12.0. The van der Waals surface area contributed by atoms with Crippen molar-refractivity contribution < 1.29 is 28.6 Å². The normalized spacial score (nSPS) is 10.5. The third kappa shape index (κ3) is 6.45. The molecular formula is C18H21N3O6. The second-order valence-corrected chi connectivity index (χ2v) is 5.16. The maximum atomic E-state index is 12.0. The summed E-state index contributed by atoms with van der Waals surface area (Å²) in [5, 5.41) is 14.5. The van der Waals surface area contributed by atoms with Crippen LogP contribution in [-0.2, 0) is 19.0 Å². The van der Waals surface area contributed by atoms with Crippen molar-refractivity contribution in [3.8, 4) is 6.07 Å². The smallest absolute Gasteiger partial charge is 0.339 e. The fraction of sp³-hybridized carbons (Fsp3) is 0.333. The summed E-state index contributed by atoms with van der Waals surface area (Å²) in [7, 11) is 3.99. The number of benzene rings is 1. The van der Waals surface area contributed by atoms with E-state index in [2.05, 4.69) is 20.1 Å². The van der Waals surface area contributed by atoms with E-state index in [0.29, 0.717) is 19.6 Å². The Kier molecular flexibility index (Phi) is 9.05. The highest BCUT2D eigenvalue weighted by Gasteiger charge is 2.16. The highest BCUT2D eigenvalue weighted by atomic mass is 16.5. The summed E-state index contributed by atoms with van der Waals surface area (Å²) in [5.74, 6) is -1.83. The molecule has 0 saturated heterocycles. The van der Waals surface area contributed by atoms with Gasteiger partial charge in [0.15, 0.2) is 0 Å². The molecule has 0 radical (unpaired) electrons. The minimum absolute atomic E-state index is 0.124. The molecule has 0 heterocycles. The topological polar surface area (TPSA) is 127 Å². The van der Waals surface area contributed by atoms with E-state index < -0.39 is 17.8 Å². The SMILES string of the molecule is COCCCNC(=O)/C(C#N)=C\Nc1cc(C(=O)OC)ccc1C(=O)OC. The highest BCUT2D eigenvalue weighted by Crippen LogP contribution is 2.20. The van der Waals surface area contributed by atoms with Crippen molar-refractivity contribution in [3.63, 3.8) is 0 Å². The average molecular weight is 375 g/mol. The first-order valence-electron chi connectivity index (χ1n) is 7.93. The molecule has 1 aromatic rings. The van der Waals surface area contributed by atoms with Crippen molar-refractivity contribution in [1.82, 2.24) is 5.32 Å². The van der Waals surface area contributed by atoms with E-state index in [0.717, 1.165) is 6.20 Å². The van der Waals surface area contributed by atoms with Crippen LogP contribution in [0, 0.1) is 11.3 Å². The van der Waals surface area contributed by atoms with Gasteiger partial charge in [-0.05, 0) is 24.6 Å². The number of amides is 1. The molecular weight excluding hydrogens is 354 g/mol. The number of esters is 2. The van der Waals surface area contributed by atoms with Crippen LogP contribution in [0.2, 0.25) is 0 Å². The number of nitriles is 1. The molecule has 2 N–H and O–H groups in total. The number of methoxy groups -OCH3 is 3. The Bertz CT molecular complexity index is 767. The lowest BCUT2D eigenvalue weighted by Crippen LogP contribution is -2.26. The number of nitrogens with one attached hydrogen (secondary N) is 2. The summed E-state index contributed by atoms with van der Waals surface area (Å²) >= 11 is 0. The van der Waals surface area contributed by atoms with E-state index in [4.69, 9.17) is 4.74 Å². The minimum Gasteiger partial charge on any atom is -0.465 e. The average Bonchev–Trinajstić information content (AvgIpc) is 2.70. The van der Waals surface area contributed by atoms with E-state index in [1.165, 1.54) is 32.4 Å². The predicted octanol–water partition coefficient (Wildman–Crippen LogP) is 1.23. The van der Waals surface area contributed by atoms with Crippen LogP contribution in [0.15, 0.2) is 30.0 Å². The van der Waals surface area contributed by atoms with Crippen LogP contribution >= 0.6 is 0 Å². The van der Waals surface area contributed by atoms with Crippen molar-refractivity contribution in [2.24, 2.45) is 0 Å². The van der Waals surface area contributed by atoms with Crippen LogP contribution in [0.3, 0.4) is 0 Å². The number of ether oxygens (including phenoxy) is 3. The third-order valence-electron chi connectivity index (χ3n) is 3.39. The van der Waals surface area contributed by atoms with Crippen LogP contribution < -0.4 is 10.6 Å². The van der Waals surface area contributed by atoms with Crippen LogP contribution in [-0.4, -0.2) is 52.3 Å². The van der Waals surface area contributed by atoms with Crippen molar-refractivity contribution in [2.45, 2.75) is 6.42 Å². The van der Waals surface area contributed by atoms with E-state index in [1.807, 2.05) is 0 Å². The van der Waals surface area contributed by atoms with Gasteiger partial charge in [-0.25, -0.2) is 9.59 Å². The van der Waals surface area contributed by atoms with Crippen LogP contribution in [0.5, 0.6) is 0 Å². The first kappa shape index (κ1) is 21.7. The van der Waals surface area contributed by atoms with Gasteiger partial charge in [-0.3, -0.25) is 4.79 Å². The highest BCUT2D eigenvalue weighted by molar-refractivity contribution is 6.00. The Morgan fingerprint density at radius 2 is 1.85 bits per heavy atom. The van der Waals surface area contributed by atoms with Crippen molar-refractivity contribution in [1.29, 1.82) is 5.26 Å². The number of hydrogen-bond acceptors (Lipinski definition) is 8. The predicted molar refractivity (Wildman–Crippen MR) is 95.9 cm³/mol. The first-order valence-corrected chi connectivity index (χ1v) is 7.93. The molecule has 0 fully saturated rings. The van der Waals surface area contributed by atoms with Crippen molar-refractivity contribution >= 4 is 23.5 Å². The molecule has 9 heteroatoms. The molecule has 0 aliphatic carbocycles. The molecule has 0 aliphatic heterocycles. The lowest BCUT2D eigenvalue weighted by molar-refractivity contribution is -0.117. The summed E-state index contributed by atoms with van der Waals surface area (Å²) in [6, 6.07) is 5.92. The lowest BCUT2D eigenvalue weighted by atomic mass is 10.1. The van der Waals surface area contributed by atoms with E-state index in [1.54, 1.807) is 13.2 Å². The molecule has 1 aromatic carbocycles. The minimum atomic E-state index is -0.648. The number of nitrogens with zero attached hydrogens (tertiary/aromatic N) is 1. The van der Waals surface area contributed by atoms with Gasteiger partial charge in [-0.15, -0.1) is 0 Å². The zero-order chi connectivity index (χ0) is 20.2. The van der Waals surface area contributed by atoms with Gasteiger partial charge < -0.3 is 24.8 Å². The van der Waals surface area contributed by atoms with Crippen LogP contribution in [0.4, 0.5) is 5.69 Å². The van der Waals surface area contributed by atoms with Gasteiger partial charge in [0.25, 0.3) is 5.91 Å². The zero-order valence-electron chi connectivity index (χ0n) is 15.3. The Hall–Kier alpha value is -3.38. The van der Waals surface area contributed by atoms with E-state index in [-0.39, 0.29) is 22.4 Å². The second-order valence-electron chi connectivity index (χ2n) is 5.16. The maximum Gasteiger partial charge on any atom is 0.339 e. The van der Waals surface area contributed by atoms with Gasteiger partial charge in [0.2, 0.25) is 0 Å². The van der Waals surface area contributed by atoms with Gasteiger partial charge in [0.05, 0.1) is 31.0 Å². The summed E-state index contributed by atoms with van der Waals surface area (Å²) in [6.45, 7) is 0.823. The van der Waals surface area contributed by atoms with Crippen LogP contribution in [0.25, 0.3) is 0 Å². The van der Waals surface area contributed by atoms with Gasteiger partial charge in [0.1, 0.15) is 11.6 Å². The molecule has 0 bridgehead atoms. The summed E-state index contributed by atoms with van der Waals surface area (Å²) in [6.07, 6.45) is 1.75. The van der Waals surface area contributed by atoms with Crippen LogP contribution in [0.1, 0.15) is 27.1 Å². The Balaban J connectivity index is 3.03. The molecule has 1 amide bonds. The molecule has 0 atom stereocenters. The molecule has 1 rings (SSSR count). The molecule has 27 heavy (non-hydrogen) atoms. The van der Waals surface area contributed by atoms with E-state index >= 15 is 0 Å². The van der Waals surface area contributed by atoms with Crippen molar-refractivity contribution in [2.75, 3.05) is 39.8 Å². The molecule has 144 valence electrons. The van der Waals surface area contributed by atoms with Gasteiger partial charge >= 0.3 is 11.9 Å². The van der Waals surface area contributed by atoms with Gasteiger partial charge in [-0.2, -0.15) is 5.26 Å². The molecule has 0 aliphatic rings. The zero-order valence-corrected chi connectivity index (χ0v) is 15.3. The largest absolute Gasteiger partial charge is 0.465 e. The molecule has 0 aromatic heterocycles. The molecule has 0 saturated carbocycles. The molecule has 9 nitrogen and oxygen atoms in total. The van der Waals surface area contributed by atoms with E-state index in [9.17, 15) is 19.6 Å². The Morgan fingerprint density at radius 1 is 1.15 bits per heavy atom. The second kappa shape index (κ2) is 11.3. The van der Waals surface area contributed by atoms with Crippen molar-refractivity contribution in [3.05, 3.63) is 41.1 Å². The molecule has 0 unspecified atom stereocenters. The number of rotatable bonds is 9. The summed E-state index contributed by atoms with van der Waals surface area (Å²) < 4.78 is 14.2. The first-order chi connectivity index (χ1) is 13.0. The third-order valence-corrected chi connectivity index (χ3v) is 3.39. The Labute approximate surface area is 156 Å². The Morgan fingerprint density at radius 3 is 2.44 bits per heavy atom. The monoisotopic (exact) mass is 375 g/mol. The fourth-order valence-electron chi connectivity index (χ4n) is 2.01. The summed E-state index contributed by atoms with van der Waals surface area (Å²) in [5.41, 5.74) is 0.291. The van der Waals surface area contributed by atoms with Gasteiger partial charge in [-0.1, -0.05) is 0 Å². The fourth-order valence-corrected chi connectivity index (χ4v) is 2.01. The lowest BCUT2D eigenvalue weighted by Gasteiger charge is -2.10. The number of carbonyl (C=O) groups excluding carboxylic acids is 3. The summed E-state index contributed by atoms with van der Waals surface area (Å²) in [4.78, 5) is 35.6. The molecule has 0 spiro atoms. The number of carbonyl (C=O) groups is 3.